The van der Waals surface area contributed by atoms with Gasteiger partial charge in [0.25, 0.3) is 0 Å². The van der Waals surface area contributed by atoms with Gasteiger partial charge in [-0.15, -0.1) is 0 Å². The molecule has 21 heavy (non-hydrogen) atoms. The Hall–Kier alpha value is -2.86. The number of benzene rings is 2. The van der Waals surface area contributed by atoms with E-state index >= 15 is 0 Å². The Morgan fingerprint density at radius 3 is 2.57 bits per heavy atom. The molecule has 0 fully saturated rings. The molecule has 0 radical (unpaired) electrons. The first-order chi connectivity index (χ1) is 10.2. The number of hydrogen-bond acceptors (Lipinski definition) is 3. The minimum Gasteiger partial charge on any atom is -0.401 e. The largest absolute Gasteiger partial charge is 0.401 e. The van der Waals surface area contributed by atoms with Gasteiger partial charge in [0, 0.05) is 17.7 Å². The van der Waals surface area contributed by atoms with E-state index in [0.717, 1.165) is 11.1 Å². The van der Waals surface area contributed by atoms with Crippen molar-refractivity contribution >= 4 is 11.4 Å². The molecule has 3 nitrogen and oxygen atoms in total. The summed E-state index contributed by atoms with van der Waals surface area (Å²) in [6.45, 7) is 0. The number of nitrogens with zero attached hydrogens (tertiary/aromatic N) is 1. The van der Waals surface area contributed by atoms with Crippen LogP contribution in [-0.4, -0.2) is 5.78 Å². The molecule has 0 heterocycles. The predicted octanol–water partition coefficient (Wildman–Crippen LogP) is 2.98. The van der Waals surface area contributed by atoms with Gasteiger partial charge in [0.1, 0.15) is 0 Å². The van der Waals surface area contributed by atoms with E-state index in [-0.39, 0.29) is 11.7 Å². The van der Waals surface area contributed by atoms with Crippen molar-refractivity contribution in [1.82, 2.24) is 0 Å². The minimum absolute atomic E-state index is 0.0359. The van der Waals surface area contributed by atoms with Crippen LogP contribution in [-0.2, 0) is 4.79 Å². The van der Waals surface area contributed by atoms with Crippen LogP contribution in [0.3, 0.4) is 0 Å². The zero-order chi connectivity index (χ0) is 14.8. The average molecular weight is 274 g/mol. The van der Waals surface area contributed by atoms with Crippen molar-refractivity contribution in [2.24, 2.45) is 5.73 Å². The summed E-state index contributed by atoms with van der Waals surface area (Å²) < 4.78 is 0. The first kappa shape index (κ1) is 13.1. The van der Waals surface area contributed by atoms with Crippen LogP contribution < -0.4 is 5.73 Å². The highest BCUT2D eigenvalue weighted by Crippen LogP contribution is 2.38. The number of carbonyl (C=O) groups is 1. The summed E-state index contributed by atoms with van der Waals surface area (Å²) >= 11 is 0. The fraction of sp³-hybridized carbons (Fsp3) is 0.111. The third-order valence-electron chi connectivity index (χ3n) is 3.79. The molecular formula is C18H14N2O. The number of allylic oxidation sites excluding steroid dienone is 2. The summed E-state index contributed by atoms with van der Waals surface area (Å²) in [6.07, 6.45) is 0.537. The summed E-state index contributed by atoms with van der Waals surface area (Å²) in [5.74, 6) is -0.180. The normalized spacial score (nSPS) is 17.9. The van der Waals surface area contributed by atoms with Crippen LogP contribution in [0.25, 0.3) is 5.57 Å². The van der Waals surface area contributed by atoms with Crippen molar-refractivity contribution in [1.29, 1.82) is 5.26 Å². The van der Waals surface area contributed by atoms with Crippen molar-refractivity contribution in [3.8, 4) is 6.07 Å². The highest BCUT2D eigenvalue weighted by atomic mass is 16.1. The molecule has 3 rings (SSSR count). The topological polar surface area (TPSA) is 66.9 Å². The molecule has 1 unspecified atom stereocenters. The van der Waals surface area contributed by atoms with E-state index in [1.54, 1.807) is 18.2 Å². The third kappa shape index (κ3) is 2.32. The molecule has 0 saturated heterocycles. The van der Waals surface area contributed by atoms with E-state index in [0.29, 0.717) is 23.3 Å². The average Bonchev–Trinajstić information content (AvgIpc) is 2.83. The molecule has 1 aliphatic rings. The Labute approximate surface area is 123 Å². The van der Waals surface area contributed by atoms with Gasteiger partial charge in [-0.25, -0.2) is 0 Å². The van der Waals surface area contributed by atoms with Gasteiger partial charge in [-0.1, -0.05) is 42.5 Å². The monoisotopic (exact) mass is 274 g/mol. The van der Waals surface area contributed by atoms with Crippen molar-refractivity contribution in [2.45, 2.75) is 12.3 Å². The van der Waals surface area contributed by atoms with Crippen LogP contribution in [0.4, 0.5) is 0 Å². The minimum atomic E-state index is -0.216. The smallest absolute Gasteiger partial charge is 0.173 e. The van der Waals surface area contributed by atoms with Crippen LogP contribution in [0.1, 0.15) is 29.0 Å². The number of rotatable bonds is 2. The van der Waals surface area contributed by atoms with Crippen LogP contribution in [0.15, 0.2) is 60.3 Å². The lowest BCUT2D eigenvalue weighted by molar-refractivity contribution is -0.114. The van der Waals surface area contributed by atoms with Gasteiger partial charge in [-0.2, -0.15) is 5.26 Å². The van der Waals surface area contributed by atoms with Gasteiger partial charge >= 0.3 is 0 Å². The van der Waals surface area contributed by atoms with Crippen LogP contribution >= 0.6 is 0 Å². The molecule has 0 aromatic heterocycles. The second-order valence-electron chi connectivity index (χ2n) is 5.12. The van der Waals surface area contributed by atoms with Crippen molar-refractivity contribution < 1.29 is 4.79 Å². The Morgan fingerprint density at radius 1 is 1.10 bits per heavy atom. The second kappa shape index (κ2) is 5.26. The molecule has 0 saturated carbocycles. The number of ketones is 1. The molecule has 2 aromatic rings. The summed E-state index contributed by atoms with van der Waals surface area (Å²) in [6, 6.07) is 18.8. The van der Waals surface area contributed by atoms with Gasteiger partial charge in [-0.05, 0) is 23.3 Å². The Balaban J connectivity index is 1.99. The molecule has 0 bridgehead atoms. The van der Waals surface area contributed by atoms with Gasteiger partial charge in [-0.3, -0.25) is 4.79 Å². The summed E-state index contributed by atoms with van der Waals surface area (Å²) in [5, 5.41) is 8.98. The third-order valence-corrected chi connectivity index (χ3v) is 3.79. The van der Waals surface area contributed by atoms with Gasteiger partial charge in [0.2, 0.25) is 0 Å². The van der Waals surface area contributed by atoms with Crippen molar-refractivity contribution in [3.63, 3.8) is 0 Å². The van der Waals surface area contributed by atoms with E-state index in [4.69, 9.17) is 11.0 Å². The van der Waals surface area contributed by atoms with Crippen molar-refractivity contribution in [3.05, 3.63) is 77.0 Å². The van der Waals surface area contributed by atoms with E-state index in [1.807, 2.05) is 36.4 Å². The highest BCUT2D eigenvalue weighted by molar-refractivity contribution is 6.26. The lowest BCUT2D eigenvalue weighted by Gasteiger charge is -2.09. The van der Waals surface area contributed by atoms with E-state index in [2.05, 4.69) is 6.07 Å². The zero-order valence-corrected chi connectivity index (χ0v) is 11.4. The SMILES string of the molecule is N#Cc1cccc(C2=C(N)CC(c3ccccc3)C2=O)c1. The zero-order valence-electron chi connectivity index (χ0n) is 11.4. The molecule has 2 aromatic carbocycles. The quantitative estimate of drug-likeness (QED) is 0.915. The fourth-order valence-electron chi connectivity index (χ4n) is 2.77. The number of Topliss-reactive ketones (excluding diaryl/α,β-unsaturated/α-hetero) is 1. The second-order valence-corrected chi connectivity index (χ2v) is 5.12. The van der Waals surface area contributed by atoms with E-state index in [9.17, 15) is 4.79 Å². The highest BCUT2D eigenvalue weighted by Gasteiger charge is 2.33. The molecule has 1 aliphatic carbocycles. The number of hydrogen-bond donors (Lipinski definition) is 1. The molecular weight excluding hydrogens is 260 g/mol. The lowest BCUT2D eigenvalue weighted by atomic mass is 9.92. The molecule has 102 valence electrons. The Morgan fingerprint density at radius 2 is 1.86 bits per heavy atom. The maximum Gasteiger partial charge on any atom is 0.173 e. The summed E-state index contributed by atoms with van der Waals surface area (Å²) in [4.78, 5) is 12.7. The maximum atomic E-state index is 12.7. The maximum absolute atomic E-state index is 12.7. The molecule has 0 spiro atoms. The fourth-order valence-corrected chi connectivity index (χ4v) is 2.77. The first-order valence-corrected chi connectivity index (χ1v) is 6.79. The first-order valence-electron chi connectivity index (χ1n) is 6.79. The molecule has 3 heteroatoms. The molecule has 0 amide bonds. The van der Waals surface area contributed by atoms with E-state index < -0.39 is 0 Å². The van der Waals surface area contributed by atoms with Crippen LogP contribution in [0.5, 0.6) is 0 Å². The standard InChI is InChI=1S/C18H14N2O/c19-11-12-5-4-8-14(9-12)17-16(20)10-15(18(17)21)13-6-2-1-3-7-13/h1-9,15H,10,20H2. The predicted molar refractivity (Wildman–Crippen MR) is 81.1 cm³/mol. The Kier molecular flexibility index (Phi) is 3.29. The number of carbonyl (C=O) groups excluding carboxylic acids is 1. The van der Waals surface area contributed by atoms with Crippen LogP contribution in [0.2, 0.25) is 0 Å². The van der Waals surface area contributed by atoms with Crippen LogP contribution in [0, 0.1) is 11.3 Å². The molecule has 0 aliphatic heterocycles. The number of nitriles is 1. The Bertz CT molecular complexity index is 769. The summed E-state index contributed by atoms with van der Waals surface area (Å²) in [7, 11) is 0. The lowest BCUT2D eigenvalue weighted by Crippen LogP contribution is -2.08. The molecule has 1 atom stereocenters. The molecule has 2 N–H and O–H groups in total. The summed E-state index contributed by atoms with van der Waals surface area (Å²) in [5.41, 5.74) is 9.50. The van der Waals surface area contributed by atoms with E-state index in [1.165, 1.54) is 0 Å². The van der Waals surface area contributed by atoms with Gasteiger partial charge in [0.15, 0.2) is 5.78 Å². The number of nitrogens with two attached hydrogens (primary N) is 1. The van der Waals surface area contributed by atoms with Gasteiger partial charge < -0.3 is 5.73 Å². The van der Waals surface area contributed by atoms with Gasteiger partial charge in [0.05, 0.1) is 17.6 Å². The van der Waals surface area contributed by atoms with Crippen molar-refractivity contribution in [2.75, 3.05) is 0 Å².